The molecule has 0 fully saturated rings. The molecule has 0 amide bonds. The first-order valence-electron chi connectivity index (χ1n) is 16.5. The van der Waals surface area contributed by atoms with Crippen molar-refractivity contribution in [2.24, 2.45) is 0 Å². The van der Waals surface area contributed by atoms with Crippen molar-refractivity contribution in [2.75, 3.05) is 96.9 Å². The molecule has 7 nitrogen and oxygen atoms in total. The van der Waals surface area contributed by atoms with Crippen molar-refractivity contribution in [3.8, 4) is 0 Å². The average molecular weight is 689 g/mol. The summed E-state index contributed by atoms with van der Waals surface area (Å²) >= 11 is 2.29. The van der Waals surface area contributed by atoms with Crippen molar-refractivity contribution < 1.29 is 33.2 Å². The van der Waals surface area contributed by atoms with Crippen LogP contribution in [0.25, 0.3) is 0 Å². The molecule has 0 aromatic heterocycles. The zero-order valence-electron chi connectivity index (χ0n) is 26.2. The van der Waals surface area contributed by atoms with Gasteiger partial charge in [-0.2, -0.15) is 0 Å². The fourth-order valence-electron chi connectivity index (χ4n) is 4.23. The van der Waals surface area contributed by atoms with Crippen LogP contribution in [-0.2, 0) is 33.2 Å². The maximum absolute atomic E-state index is 5.67. The summed E-state index contributed by atoms with van der Waals surface area (Å²) in [6.45, 7) is 11.1. The van der Waals surface area contributed by atoms with Crippen molar-refractivity contribution in [1.29, 1.82) is 0 Å². The number of alkyl halides is 1. The number of hydrogen-bond acceptors (Lipinski definition) is 7. The Morgan fingerprint density at radius 1 is 0.275 bits per heavy atom. The smallest absolute Gasteiger partial charge is 0.0701 e. The molecule has 0 saturated heterocycles. The van der Waals surface area contributed by atoms with Crippen LogP contribution in [0.4, 0.5) is 0 Å². The van der Waals surface area contributed by atoms with Crippen LogP contribution in [0, 0.1) is 0 Å². The molecule has 0 aliphatic carbocycles. The van der Waals surface area contributed by atoms with E-state index in [4.69, 9.17) is 33.2 Å². The molecule has 0 saturated carbocycles. The van der Waals surface area contributed by atoms with Gasteiger partial charge in [-0.25, -0.2) is 0 Å². The second kappa shape index (κ2) is 39.5. The van der Waals surface area contributed by atoms with Crippen molar-refractivity contribution in [1.82, 2.24) is 0 Å². The number of unbranched alkanes of at least 4 members (excludes halogenated alkanes) is 15. The summed E-state index contributed by atoms with van der Waals surface area (Å²) in [6.07, 6.45) is 22.3. The van der Waals surface area contributed by atoms with E-state index >= 15 is 0 Å². The van der Waals surface area contributed by atoms with E-state index in [2.05, 4.69) is 29.5 Å². The zero-order valence-corrected chi connectivity index (χ0v) is 28.3. The summed E-state index contributed by atoms with van der Waals surface area (Å²) in [5.74, 6) is 0. The van der Waals surface area contributed by atoms with E-state index in [0.717, 1.165) is 24.1 Å². The normalized spacial score (nSPS) is 11.6. The van der Waals surface area contributed by atoms with Gasteiger partial charge in [0.05, 0.1) is 85.9 Å². The number of halogens is 1. The molecule has 0 rings (SSSR count). The van der Waals surface area contributed by atoms with E-state index in [-0.39, 0.29) is 0 Å². The standard InChI is InChI=1S/C32H65IO7/c1-2-3-4-5-6-7-8-9-10-11-12-13-14-15-16-17-19-34-21-23-36-25-27-38-29-31-40-32-30-39-28-26-37-24-22-35-20-18-33/h2-32H2,1H3. The molecule has 0 N–H and O–H groups in total. The van der Waals surface area contributed by atoms with Crippen molar-refractivity contribution in [3.63, 3.8) is 0 Å². The predicted octanol–water partition coefficient (Wildman–Crippen LogP) is 7.80. The number of hydrogen-bond donors (Lipinski definition) is 0. The molecule has 0 heterocycles. The molecule has 0 aliphatic rings. The van der Waals surface area contributed by atoms with Crippen LogP contribution >= 0.6 is 22.6 Å². The van der Waals surface area contributed by atoms with Crippen LogP contribution in [0.3, 0.4) is 0 Å². The summed E-state index contributed by atoms with van der Waals surface area (Å²) in [4.78, 5) is 0. The fraction of sp³-hybridized carbons (Fsp3) is 1.00. The Balaban J connectivity index is 3.01. The molecule has 0 spiro atoms. The molecule has 0 unspecified atom stereocenters. The quantitative estimate of drug-likeness (QED) is 0.0375. The SMILES string of the molecule is CCCCCCCCCCCCCCCCCCOCCOCCOCCOCCOCCOCCOCCI. The lowest BCUT2D eigenvalue weighted by atomic mass is 10.0. The van der Waals surface area contributed by atoms with Gasteiger partial charge in [0.25, 0.3) is 0 Å². The summed E-state index contributed by atoms with van der Waals surface area (Å²) in [6, 6.07) is 0. The van der Waals surface area contributed by atoms with E-state index in [0.29, 0.717) is 79.3 Å². The Morgan fingerprint density at radius 3 is 0.775 bits per heavy atom. The van der Waals surface area contributed by atoms with E-state index in [1.165, 1.54) is 96.3 Å². The van der Waals surface area contributed by atoms with Crippen LogP contribution in [-0.4, -0.2) is 96.9 Å². The van der Waals surface area contributed by atoms with E-state index in [9.17, 15) is 0 Å². The first kappa shape index (κ1) is 40.5. The molecule has 242 valence electrons. The fourth-order valence-corrected chi connectivity index (χ4v) is 4.54. The van der Waals surface area contributed by atoms with Gasteiger partial charge in [-0.15, -0.1) is 0 Å². The third kappa shape index (κ3) is 38.5. The number of ether oxygens (including phenoxy) is 7. The molecule has 0 bridgehead atoms. The molecule has 0 aromatic carbocycles. The van der Waals surface area contributed by atoms with E-state index in [1.54, 1.807) is 0 Å². The minimum Gasteiger partial charge on any atom is -0.379 e. The lowest BCUT2D eigenvalue weighted by Crippen LogP contribution is -2.14. The summed E-state index contributed by atoms with van der Waals surface area (Å²) in [5.41, 5.74) is 0. The molecule has 40 heavy (non-hydrogen) atoms. The molecule has 8 heteroatoms. The minimum absolute atomic E-state index is 0.565. The minimum atomic E-state index is 0.565. The molecule has 0 radical (unpaired) electrons. The van der Waals surface area contributed by atoms with Gasteiger partial charge in [0.2, 0.25) is 0 Å². The lowest BCUT2D eigenvalue weighted by molar-refractivity contribution is -0.0201. The highest BCUT2D eigenvalue weighted by molar-refractivity contribution is 14.1. The predicted molar refractivity (Wildman–Crippen MR) is 174 cm³/mol. The Labute approximate surface area is 261 Å². The highest BCUT2D eigenvalue weighted by Gasteiger charge is 1.97. The average Bonchev–Trinajstić information content (AvgIpc) is 2.97. The van der Waals surface area contributed by atoms with Crippen LogP contribution in [0.5, 0.6) is 0 Å². The molecule has 0 aliphatic heterocycles. The third-order valence-corrected chi connectivity index (χ3v) is 7.04. The first-order chi connectivity index (χ1) is 19.9. The maximum Gasteiger partial charge on any atom is 0.0701 e. The van der Waals surface area contributed by atoms with Gasteiger partial charge in [-0.1, -0.05) is 126 Å². The third-order valence-electron chi connectivity index (χ3n) is 6.60. The topological polar surface area (TPSA) is 64.6 Å². The Morgan fingerprint density at radius 2 is 0.500 bits per heavy atom. The van der Waals surface area contributed by atoms with Crippen molar-refractivity contribution in [2.45, 2.75) is 110 Å². The van der Waals surface area contributed by atoms with Gasteiger partial charge in [-0.3, -0.25) is 0 Å². The summed E-state index contributed by atoms with van der Waals surface area (Å²) in [5, 5.41) is 0. The molecular formula is C32H65IO7. The lowest BCUT2D eigenvalue weighted by Gasteiger charge is -2.08. The Bertz CT molecular complexity index is 394. The highest BCUT2D eigenvalue weighted by Crippen LogP contribution is 2.13. The zero-order chi connectivity index (χ0) is 28.9. The summed E-state index contributed by atoms with van der Waals surface area (Å²) in [7, 11) is 0. The molecule has 0 aromatic rings. The van der Waals surface area contributed by atoms with Crippen LogP contribution in [0.15, 0.2) is 0 Å². The van der Waals surface area contributed by atoms with Crippen molar-refractivity contribution in [3.05, 3.63) is 0 Å². The van der Waals surface area contributed by atoms with Gasteiger partial charge in [0.15, 0.2) is 0 Å². The van der Waals surface area contributed by atoms with Crippen LogP contribution in [0.2, 0.25) is 0 Å². The molecular weight excluding hydrogens is 623 g/mol. The number of rotatable bonds is 37. The molecule has 0 atom stereocenters. The highest BCUT2D eigenvalue weighted by atomic mass is 127. The van der Waals surface area contributed by atoms with Gasteiger partial charge >= 0.3 is 0 Å². The van der Waals surface area contributed by atoms with Crippen LogP contribution < -0.4 is 0 Å². The first-order valence-corrected chi connectivity index (χ1v) is 18.0. The largest absolute Gasteiger partial charge is 0.379 e. The monoisotopic (exact) mass is 688 g/mol. The maximum atomic E-state index is 5.67. The van der Waals surface area contributed by atoms with Gasteiger partial charge < -0.3 is 33.2 Å². The van der Waals surface area contributed by atoms with Gasteiger partial charge in [0.1, 0.15) is 0 Å². The second-order valence-corrected chi connectivity index (χ2v) is 11.4. The second-order valence-electron chi connectivity index (χ2n) is 10.3. The van der Waals surface area contributed by atoms with E-state index in [1.807, 2.05) is 0 Å². The van der Waals surface area contributed by atoms with Gasteiger partial charge in [-0.05, 0) is 6.42 Å². The van der Waals surface area contributed by atoms with Gasteiger partial charge in [0, 0.05) is 11.0 Å². The Kier molecular flexibility index (Phi) is 39.9. The Hall–Kier alpha value is 0.450. The van der Waals surface area contributed by atoms with E-state index < -0.39 is 0 Å². The van der Waals surface area contributed by atoms with Crippen LogP contribution in [0.1, 0.15) is 110 Å². The van der Waals surface area contributed by atoms with Crippen molar-refractivity contribution >= 4 is 22.6 Å². The summed E-state index contributed by atoms with van der Waals surface area (Å²) < 4.78 is 39.4.